The van der Waals surface area contributed by atoms with Gasteiger partial charge in [0.1, 0.15) is 5.82 Å². The lowest BCUT2D eigenvalue weighted by Gasteiger charge is -2.08. The number of hydrogen-bond acceptors (Lipinski definition) is 7. The Balaban J connectivity index is 1.64. The van der Waals surface area contributed by atoms with Crippen molar-refractivity contribution in [2.24, 2.45) is 5.73 Å². The van der Waals surface area contributed by atoms with Crippen LogP contribution in [0.15, 0.2) is 92.7 Å². The molecule has 0 aliphatic heterocycles. The largest absolute Gasteiger partial charge is 0.393 e. The van der Waals surface area contributed by atoms with E-state index in [9.17, 15) is 4.79 Å². The van der Waals surface area contributed by atoms with Gasteiger partial charge in [0, 0.05) is 16.8 Å². The highest BCUT2D eigenvalue weighted by atomic mass is 32.2. The van der Waals surface area contributed by atoms with Crippen LogP contribution in [0.4, 0.5) is 11.5 Å². The van der Waals surface area contributed by atoms with Gasteiger partial charge in [-0.3, -0.25) is 4.57 Å². The Morgan fingerprint density at radius 1 is 1.10 bits per heavy atom. The number of aryl methyl sites for hydroxylation is 1. The summed E-state index contributed by atoms with van der Waals surface area (Å²) in [6, 6.07) is 17.0. The van der Waals surface area contributed by atoms with Gasteiger partial charge in [0.2, 0.25) is 0 Å². The molecule has 3 aromatic rings. The second kappa shape index (κ2) is 9.40. The highest BCUT2D eigenvalue weighted by molar-refractivity contribution is 8.03. The molecule has 6 nitrogen and oxygen atoms in total. The first-order chi connectivity index (χ1) is 13.9. The van der Waals surface area contributed by atoms with Gasteiger partial charge in [-0.15, -0.1) is 12.6 Å². The third kappa shape index (κ3) is 5.94. The van der Waals surface area contributed by atoms with E-state index in [4.69, 9.17) is 11.5 Å². The number of thiol groups is 1. The van der Waals surface area contributed by atoms with Gasteiger partial charge < -0.3 is 16.8 Å². The number of anilines is 2. The number of benzene rings is 2. The van der Waals surface area contributed by atoms with E-state index in [2.05, 4.69) is 35.1 Å². The molecule has 1 heterocycles. The van der Waals surface area contributed by atoms with Gasteiger partial charge in [-0.1, -0.05) is 29.5 Å². The maximum absolute atomic E-state index is 11.9. The minimum Gasteiger partial charge on any atom is -0.393 e. The number of allylic oxidation sites excluding steroid dienone is 2. The number of rotatable bonds is 6. The highest BCUT2D eigenvalue weighted by Crippen LogP contribution is 2.24. The summed E-state index contributed by atoms with van der Waals surface area (Å²) < 4.78 is 1.42. The first-order valence-electron chi connectivity index (χ1n) is 8.74. The van der Waals surface area contributed by atoms with Crippen LogP contribution in [0.3, 0.4) is 0 Å². The number of nitrogen functional groups attached to an aromatic ring is 1. The van der Waals surface area contributed by atoms with Gasteiger partial charge in [-0.2, -0.15) is 4.98 Å². The quantitative estimate of drug-likeness (QED) is 0.273. The molecule has 0 atom stereocenters. The number of nitrogens with two attached hydrogens (primary N) is 2. The lowest BCUT2D eigenvalue weighted by Crippen LogP contribution is -2.21. The van der Waals surface area contributed by atoms with Gasteiger partial charge >= 0.3 is 5.69 Å². The molecule has 0 saturated heterocycles. The van der Waals surface area contributed by atoms with Crippen LogP contribution < -0.4 is 22.5 Å². The van der Waals surface area contributed by atoms with Crippen LogP contribution in [0.1, 0.15) is 5.56 Å². The molecule has 29 heavy (non-hydrogen) atoms. The second-order valence-electron chi connectivity index (χ2n) is 6.21. The van der Waals surface area contributed by atoms with Crippen LogP contribution in [0.25, 0.3) is 5.69 Å². The molecule has 0 bridgehead atoms. The van der Waals surface area contributed by atoms with Crippen LogP contribution in [0.2, 0.25) is 0 Å². The fraction of sp³-hybridized carbons (Fsp3) is 0.0476. The van der Waals surface area contributed by atoms with Crippen molar-refractivity contribution < 1.29 is 0 Å². The Bertz CT molecular complexity index is 1100. The zero-order chi connectivity index (χ0) is 20.8. The van der Waals surface area contributed by atoms with Crippen molar-refractivity contribution in [3.63, 3.8) is 0 Å². The Morgan fingerprint density at radius 3 is 2.45 bits per heavy atom. The molecule has 2 aromatic carbocycles. The molecule has 0 aliphatic carbocycles. The highest BCUT2D eigenvalue weighted by Gasteiger charge is 2.02. The standard InChI is InChI=1S/C21H21N5OS2/c1-14-2-8-17(9-3-14)29-19(23)10-11-20(28)24-15-4-6-16(7-5-15)26-13-12-18(22)25-21(26)27/h2-13,24,28H,23H2,1H3,(H2,22,25,27)/b19-10+,20-11+. The van der Waals surface area contributed by atoms with E-state index >= 15 is 0 Å². The average molecular weight is 424 g/mol. The summed E-state index contributed by atoms with van der Waals surface area (Å²) in [4.78, 5) is 16.7. The summed E-state index contributed by atoms with van der Waals surface area (Å²) in [5.74, 6) is 0.197. The third-order valence-electron chi connectivity index (χ3n) is 3.91. The maximum Gasteiger partial charge on any atom is 0.354 e. The number of hydrogen-bond donors (Lipinski definition) is 4. The third-order valence-corrected chi connectivity index (χ3v) is 5.05. The molecule has 0 aliphatic rings. The number of nitrogens with one attached hydrogen (secondary N) is 1. The predicted molar refractivity (Wildman–Crippen MR) is 124 cm³/mol. The minimum absolute atomic E-state index is 0.197. The number of nitrogens with zero attached hydrogens (tertiary/aromatic N) is 2. The summed E-state index contributed by atoms with van der Waals surface area (Å²) in [6.07, 6.45) is 5.19. The molecule has 5 N–H and O–H groups in total. The van der Waals surface area contributed by atoms with Gasteiger partial charge in [0.25, 0.3) is 0 Å². The molecule has 0 radical (unpaired) electrons. The smallest absolute Gasteiger partial charge is 0.354 e. The predicted octanol–water partition coefficient (Wildman–Crippen LogP) is 3.90. The molecule has 0 unspecified atom stereocenters. The van der Waals surface area contributed by atoms with Crippen LogP contribution >= 0.6 is 24.4 Å². The van der Waals surface area contributed by atoms with Gasteiger partial charge in [0.05, 0.1) is 15.7 Å². The molecule has 0 spiro atoms. The number of aromatic nitrogens is 2. The van der Waals surface area contributed by atoms with E-state index in [-0.39, 0.29) is 5.82 Å². The fourth-order valence-corrected chi connectivity index (χ4v) is 3.33. The molecule has 3 rings (SSSR count). The minimum atomic E-state index is -0.424. The molecular weight excluding hydrogens is 402 g/mol. The van der Waals surface area contributed by atoms with Gasteiger partial charge in [0.15, 0.2) is 0 Å². The van der Waals surface area contributed by atoms with Crippen molar-refractivity contribution in [2.75, 3.05) is 11.1 Å². The normalized spacial score (nSPS) is 12.1. The average Bonchev–Trinajstić information content (AvgIpc) is 2.69. The molecule has 8 heteroatoms. The first kappa shape index (κ1) is 20.6. The van der Waals surface area contributed by atoms with E-state index in [1.165, 1.54) is 21.9 Å². The zero-order valence-corrected chi connectivity index (χ0v) is 17.5. The fourth-order valence-electron chi connectivity index (χ4n) is 2.45. The Kier molecular flexibility index (Phi) is 6.69. The topological polar surface area (TPSA) is 99.0 Å². The second-order valence-corrected chi connectivity index (χ2v) is 7.84. The summed E-state index contributed by atoms with van der Waals surface area (Å²) in [5.41, 5.74) is 13.9. The Hall–Kier alpha value is -3.10. The molecular formula is C21H21N5OS2. The first-order valence-corrected chi connectivity index (χ1v) is 10.0. The van der Waals surface area contributed by atoms with Crippen LogP contribution in [0.5, 0.6) is 0 Å². The van der Waals surface area contributed by atoms with Crippen molar-refractivity contribution in [2.45, 2.75) is 11.8 Å². The maximum atomic E-state index is 11.9. The Morgan fingerprint density at radius 2 is 1.79 bits per heavy atom. The summed E-state index contributed by atoms with van der Waals surface area (Å²) in [7, 11) is 0. The summed E-state index contributed by atoms with van der Waals surface area (Å²) >= 11 is 5.93. The van der Waals surface area contributed by atoms with Crippen molar-refractivity contribution in [1.82, 2.24) is 9.55 Å². The van der Waals surface area contributed by atoms with Crippen LogP contribution in [-0.4, -0.2) is 9.55 Å². The Labute approximate surface area is 178 Å². The monoisotopic (exact) mass is 423 g/mol. The van der Waals surface area contributed by atoms with Crippen molar-refractivity contribution >= 4 is 35.9 Å². The zero-order valence-electron chi connectivity index (χ0n) is 15.7. The lowest BCUT2D eigenvalue weighted by molar-refractivity contribution is 0.920. The van der Waals surface area contributed by atoms with E-state index in [0.717, 1.165) is 10.6 Å². The molecule has 1 aromatic heterocycles. The molecule has 148 valence electrons. The molecule has 0 fully saturated rings. The van der Waals surface area contributed by atoms with Crippen molar-refractivity contribution in [3.05, 3.63) is 99.1 Å². The van der Waals surface area contributed by atoms with E-state index in [0.29, 0.717) is 15.7 Å². The number of thioether (sulfide) groups is 1. The van der Waals surface area contributed by atoms with Gasteiger partial charge in [-0.25, -0.2) is 4.79 Å². The van der Waals surface area contributed by atoms with Crippen LogP contribution in [0, 0.1) is 6.92 Å². The lowest BCUT2D eigenvalue weighted by atomic mass is 10.2. The SMILES string of the molecule is Cc1ccc(S/C(N)=C/C=C(/S)Nc2ccc(-n3ccc(N)nc3=O)cc2)cc1. The van der Waals surface area contributed by atoms with E-state index in [1.807, 2.05) is 31.2 Å². The molecule has 0 saturated carbocycles. The van der Waals surface area contributed by atoms with Gasteiger partial charge in [-0.05, 0) is 61.5 Å². The van der Waals surface area contributed by atoms with E-state index in [1.54, 1.807) is 36.5 Å². The summed E-state index contributed by atoms with van der Waals surface area (Å²) in [5, 5.41) is 4.46. The van der Waals surface area contributed by atoms with Crippen molar-refractivity contribution in [1.29, 1.82) is 0 Å². The summed E-state index contributed by atoms with van der Waals surface area (Å²) in [6.45, 7) is 2.05. The molecule has 0 amide bonds. The van der Waals surface area contributed by atoms with Crippen molar-refractivity contribution in [3.8, 4) is 5.69 Å². The van der Waals surface area contributed by atoms with E-state index < -0.39 is 5.69 Å². The van der Waals surface area contributed by atoms with Crippen LogP contribution in [-0.2, 0) is 0 Å².